The molecule has 5 N–H and O–H groups in total. The third-order valence-corrected chi connectivity index (χ3v) is 3.65. The van der Waals surface area contributed by atoms with Crippen LogP contribution < -0.4 is 11.4 Å². The van der Waals surface area contributed by atoms with Crippen molar-refractivity contribution in [2.45, 2.75) is 24.5 Å². The Labute approximate surface area is 118 Å². The quantitative estimate of drug-likeness (QED) is 0.468. The van der Waals surface area contributed by atoms with E-state index in [0.717, 1.165) is 4.57 Å². The Hall–Kier alpha value is -2.01. The van der Waals surface area contributed by atoms with E-state index in [0.29, 0.717) is 0 Å². The first kappa shape index (κ1) is 13.9. The summed E-state index contributed by atoms with van der Waals surface area (Å²) < 4.78 is 7.85. The van der Waals surface area contributed by atoms with Crippen LogP contribution in [0, 0.1) is 0 Å². The largest absolute Gasteiger partial charge is 0.394 e. The molecule has 0 spiro atoms. The normalized spacial score (nSPS) is 29.3. The molecule has 3 rings (SSSR count). The zero-order valence-corrected chi connectivity index (χ0v) is 11.1. The van der Waals surface area contributed by atoms with Crippen LogP contribution in [0.15, 0.2) is 11.1 Å². The van der Waals surface area contributed by atoms with Crippen molar-refractivity contribution in [3.8, 4) is 0 Å². The summed E-state index contributed by atoms with van der Waals surface area (Å²) in [5.41, 5.74) is 5.66. The zero-order valence-electron chi connectivity index (χ0n) is 11.1. The maximum atomic E-state index is 11.7. The number of nitrogens with two attached hydrogens (primary N) is 1. The summed E-state index contributed by atoms with van der Waals surface area (Å²) in [6.45, 7) is -0.446. The smallest absolute Gasteiger partial charge is 0.350 e. The van der Waals surface area contributed by atoms with Crippen LogP contribution in [0.4, 0.5) is 5.82 Å². The maximum absolute atomic E-state index is 11.7. The fourth-order valence-corrected chi connectivity index (χ4v) is 2.37. The number of nitrogen functional groups attached to an aromatic ring is 1. The van der Waals surface area contributed by atoms with Gasteiger partial charge >= 0.3 is 5.69 Å². The van der Waals surface area contributed by atoms with Gasteiger partial charge in [0.15, 0.2) is 11.9 Å². The lowest BCUT2D eigenvalue weighted by Gasteiger charge is -2.16. The van der Waals surface area contributed by atoms with Gasteiger partial charge in [-0.15, -0.1) is 0 Å². The summed E-state index contributed by atoms with van der Waals surface area (Å²) in [6, 6.07) is 0. The Bertz CT molecular complexity index is 740. The van der Waals surface area contributed by atoms with Crippen LogP contribution in [0.5, 0.6) is 0 Å². The lowest BCUT2D eigenvalue weighted by molar-refractivity contribution is -0.0511. The van der Waals surface area contributed by atoms with Gasteiger partial charge in [0.1, 0.15) is 29.6 Å². The first-order valence-electron chi connectivity index (χ1n) is 6.27. The van der Waals surface area contributed by atoms with Crippen molar-refractivity contribution in [3.05, 3.63) is 16.8 Å². The number of imidazole rings is 1. The van der Waals surface area contributed by atoms with E-state index in [4.69, 9.17) is 15.6 Å². The molecule has 10 heteroatoms. The van der Waals surface area contributed by atoms with E-state index in [1.807, 2.05) is 0 Å². The molecule has 21 heavy (non-hydrogen) atoms. The van der Waals surface area contributed by atoms with Crippen molar-refractivity contribution in [2.24, 2.45) is 7.05 Å². The average Bonchev–Trinajstić information content (AvgIpc) is 2.99. The number of ether oxygens (including phenoxy) is 1. The summed E-state index contributed by atoms with van der Waals surface area (Å²) in [4.78, 5) is 19.6. The highest BCUT2D eigenvalue weighted by molar-refractivity contribution is 5.81. The standard InChI is InChI=1S/C11H15N5O5/c1-15-8(12)5-9(14-11(15)20)16(3-13-5)10-7(19)6(18)4(2-17)21-10/h3-4,6-7,10,17-19H,2,12H2,1H3. The fraction of sp³-hybridized carbons (Fsp3) is 0.545. The van der Waals surface area contributed by atoms with Gasteiger partial charge in [-0.25, -0.2) is 9.78 Å². The average molecular weight is 297 g/mol. The molecule has 0 aliphatic carbocycles. The molecule has 10 nitrogen and oxygen atoms in total. The molecular weight excluding hydrogens is 282 g/mol. The number of aliphatic hydroxyl groups excluding tert-OH is 3. The number of nitrogens with zero attached hydrogens (tertiary/aromatic N) is 4. The minimum absolute atomic E-state index is 0.135. The van der Waals surface area contributed by atoms with Crippen LogP contribution in [-0.4, -0.2) is 59.3 Å². The molecule has 0 radical (unpaired) electrons. The van der Waals surface area contributed by atoms with E-state index in [9.17, 15) is 15.0 Å². The van der Waals surface area contributed by atoms with Crippen LogP contribution in [0.1, 0.15) is 6.23 Å². The third kappa shape index (κ3) is 1.92. The first-order chi connectivity index (χ1) is 9.95. The fourth-order valence-electron chi connectivity index (χ4n) is 2.37. The molecule has 1 fully saturated rings. The predicted octanol–water partition coefficient (Wildman–Crippen LogP) is -2.68. The van der Waals surface area contributed by atoms with Crippen LogP contribution in [0.2, 0.25) is 0 Å². The van der Waals surface area contributed by atoms with E-state index < -0.39 is 36.8 Å². The lowest BCUT2D eigenvalue weighted by Crippen LogP contribution is -2.33. The van der Waals surface area contributed by atoms with Gasteiger partial charge in [-0.05, 0) is 0 Å². The Morgan fingerprint density at radius 2 is 2.14 bits per heavy atom. The molecule has 114 valence electrons. The third-order valence-electron chi connectivity index (χ3n) is 3.65. The minimum atomic E-state index is -1.29. The number of fused-ring (bicyclic) bond motifs is 1. The molecule has 3 heterocycles. The molecule has 0 saturated carbocycles. The second-order valence-electron chi connectivity index (χ2n) is 4.89. The van der Waals surface area contributed by atoms with Gasteiger partial charge in [-0.1, -0.05) is 0 Å². The van der Waals surface area contributed by atoms with Gasteiger partial charge in [0.2, 0.25) is 0 Å². The molecule has 0 amide bonds. The van der Waals surface area contributed by atoms with E-state index in [1.54, 1.807) is 0 Å². The highest BCUT2D eigenvalue weighted by atomic mass is 16.6. The molecule has 0 aromatic carbocycles. The molecular formula is C11H15N5O5. The first-order valence-corrected chi connectivity index (χ1v) is 6.27. The second kappa shape index (κ2) is 4.77. The lowest BCUT2D eigenvalue weighted by atomic mass is 10.1. The van der Waals surface area contributed by atoms with Crippen LogP contribution in [0.25, 0.3) is 11.2 Å². The Morgan fingerprint density at radius 1 is 1.43 bits per heavy atom. The maximum Gasteiger partial charge on any atom is 0.350 e. The number of aromatic nitrogens is 4. The van der Waals surface area contributed by atoms with Crippen molar-refractivity contribution >= 4 is 17.0 Å². The van der Waals surface area contributed by atoms with Gasteiger partial charge in [0.05, 0.1) is 12.9 Å². The highest BCUT2D eigenvalue weighted by Gasteiger charge is 2.44. The van der Waals surface area contributed by atoms with Crippen LogP contribution in [0.3, 0.4) is 0 Å². The highest BCUT2D eigenvalue weighted by Crippen LogP contribution is 2.31. The molecule has 2 aromatic rings. The minimum Gasteiger partial charge on any atom is -0.394 e. The number of rotatable bonds is 2. The Kier molecular flexibility index (Phi) is 3.17. The van der Waals surface area contributed by atoms with Gasteiger partial charge in [0.25, 0.3) is 0 Å². The van der Waals surface area contributed by atoms with Crippen molar-refractivity contribution in [3.63, 3.8) is 0 Å². The molecule has 4 unspecified atom stereocenters. The van der Waals surface area contributed by atoms with Crippen molar-refractivity contribution in [2.75, 3.05) is 12.3 Å². The molecule has 1 aliphatic heterocycles. The summed E-state index contributed by atoms with van der Waals surface area (Å²) >= 11 is 0. The van der Waals surface area contributed by atoms with E-state index in [2.05, 4.69) is 9.97 Å². The van der Waals surface area contributed by atoms with Crippen molar-refractivity contribution < 1.29 is 20.1 Å². The monoisotopic (exact) mass is 297 g/mol. The van der Waals surface area contributed by atoms with Crippen molar-refractivity contribution in [1.29, 1.82) is 0 Å². The topological polar surface area (TPSA) is 149 Å². The Morgan fingerprint density at radius 3 is 2.76 bits per heavy atom. The van der Waals surface area contributed by atoms with Gasteiger partial charge in [-0.2, -0.15) is 4.98 Å². The number of anilines is 1. The molecule has 1 aliphatic rings. The summed E-state index contributed by atoms with van der Waals surface area (Å²) in [7, 11) is 1.47. The predicted molar refractivity (Wildman–Crippen MR) is 70.2 cm³/mol. The van der Waals surface area contributed by atoms with Crippen molar-refractivity contribution in [1.82, 2.24) is 19.1 Å². The zero-order chi connectivity index (χ0) is 15.3. The summed E-state index contributed by atoms with van der Waals surface area (Å²) in [6.07, 6.45) is -3.16. The number of aliphatic hydroxyl groups is 3. The van der Waals surface area contributed by atoms with Gasteiger partial charge in [-0.3, -0.25) is 9.13 Å². The SMILES string of the molecule is Cn1c(N)c2ncn(C3OC(CO)C(O)C3O)c2nc1=O. The molecule has 0 bridgehead atoms. The summed E-state index contributed by atoms with van der Waals surface area (Å²) in [5.74, 6) is 0.135. The van der Waals surface area contributed by atoms with Crippen LogP contribution in [-0.2, 0) is 11.8 Å². The van der Waals surface area contributed by atoms with E-state index in [-0.39, 0.29) is 17.0 Å². The molecule has 2 aromatic heterocycles. The second-order valence-corrected chi connectivity index (χ2v) is 4.89. The Balaban J connectivity index is 2.12. The summed E-state index contributed by atoms with van der Waals surface area (Å²) in [5, 5.41) is 28.9. The van der Waals surface area contributed by atoms with Gasteiger partial charge in [0, 0.05) is 7.05 Å². The number of hydrogen-bond acceptors (Lipinski definition) is 8. The molecule has 4 atom stereocenters. The van der Waals surface area contributed by atoms with Gasteiger partial charge < -0.3 is 25.8 Å². The number of hydrogen-bond donors (Lipinski definition) is 4. The molecule has 1 saturated heterocycles. The van der Waals surface area contributed by atoms with Crippen LogP contribution >= 0.6 is 0 Å². The van der Waals surface area contributed by atoms with E-state index >= 15 is 0 Å². The van der Waals surface area contributed by atoms with E-state index in [1.165, 1.54) is 17.9 Å².